The molecule has 4 nitrogen and oxygen atoms in total. The van der Waals surface area contributed by atoms with Gasteiger partial charge in [-0.3, -0.25) is 4.79 Å². The number of nitrogens with zero attached hydrogens (tertiary/aromatic N) is 2. The normalized spacial score (nSPS) is 20.0. The fourth-order valence-corrected chi connectivity index (χ4v) is 3.10. The van der Waals surface area contributed by atoms with Gasteiger partial charge in [0.2, 0.25) is 0 Å². The van der Waals surface area contributed by atoms with Crippen LogP contribution in [0.2, 0.25) is 5.02 Å². The molecule has 0 amide bonds. The van der Waals surface area contributed by atoms with Crippen LogP contribution in [-0.4, -0.2) is 48.2 Å². The maximum atomic E-state index is 11.2. The molecule has 0 aromatic heterocycles. The third-order valence-electron chi connectivity index (χ3n) is 4.14. The highest BCUT2D eigenvalue weighted by Crippen LogP contribution is 2.25. The summed E-state index contributed by atoms with van der Waals surface area (Å²) in [5.41, 5.74) is 0.941. The molecule has 0 radical (unpaired) electrons. The maximum absolute atomic E-state index is 11.2. The van der Waals surface area contributed by atoms with Crippen molar-refractivity contribution >= 4 is 23.3 Å². The molecule has 0 saturated carbocycles. The van der Waals surface area contributed by atoms with Gasteiger partial charge in [0, 0.05) is 23.3 Å². The SMILES string of the molecule is CCN1CCCC(N(CC(=O)O)c2ccc(Cl)cc2)CC1. The van der Waals surface area contributed by atoms with E-state index in [1.807, 2.05) is 29.2 Å². The zero-order valence-corrected chi connectivity index (χ0v) is 13.2. The number of hydrogen-bond acceptors (Lipinski definition) is 3. The van der Waals surface area contributed by atoms with Gasteiger partial charge < -0.3 is 14.9 Å². The number of aliphatic carboxylic acids is 1. The van der Waals surface area contributed by atoms with Crippen LogP contribution < -0.4 is 4.90 Å². The molecule has 1 fully saturated rings. The summed E-state index contributed by atoms with van der Waals surface area (Å²) in [4.78, 5) is 15.7. The van der Waals surface area contributed by atoms with E-state index in [9.17, 15) is 9.90 Å². The molecule has 1 N–H and O–H groups in total. The van der Waals surface area contributed by atoms with E-state index in [-0.39, 0.29) is 12.6 Å². The zero-order chi connectivity index (χ0) is 15.2. The predicted octanol–water partition coefficient (Wildman–Crippen LogP) is 3.11. The summed E-state index contributed by atoms with van der Waals surface area (Å²) in [6.45, 7) is 5.42. The number of carboxylic acid groups (broad SMARTS) is 1. The number of carboxylic acids is 1. The Kier molecular flexibility index (Phi) is 5.88. The minimum Gasteiger partial charge on any atom is -0.480 e. The fraction of sp³-hybridized carbons (Fsp3) is 0.562. The van der Waals surface area contributed by atoms with Crippen molar-refractivity contribution in [1.29, 1.82) is 0 Å². The Bertz CT molecular complexity index is 464. The molecule has 0 spiro atoms. The van der Waals surface area contributed by atoms with Gasteiger partial charge in [-0.05, 0) is 56.6 Å². The minimum atomic E-state index is -0.790. The third-order valence-corrected chi connectivity index (χ3v) is 4.39. The van der Waals surface area contributed by atoms with Crippen molar-refractivity contribution < 1.29 is 9.90 Å². The lowest BCUT2D eigenvalue weighted by atomic mass is 10.1. The Hall–Kier alpha value is -1.26. The summed E-state index contributed by atoms with van der Waals surface area (Å²) in [5.74, 6) is -0.790. The number of halogens is 1. The molecule has 1 heterocycles. The lowest BCUT2D eigenvalue weighted by Gasteiger charge is -2.32. The van der Waals surface area contributed by atoms with Gasteiger partial charge in [-0.15, -0.1) is 0 Å². The molecule has 1 atom stereocenters. The van der Waals surface area contributed by atoms with Crippen molar-refractivity contribution in [3.63, 3.8) is 0 Å². The quantitative estimate of drug-likeness (QED) is 0.907. The molecule has 21 heavy (non-hydrogen) atoms. The molecule has 1 saturated heterocycles. The second-order valence-electron chi connectivity index (χ2n) is 5.52. The van der Waals surface area contributed by atoms with Gasteiger partial charge in [0.15, 0.2) is 0 Å². The van der Waals surface area contributed by atoms with E-state index in [2.05, 4.69) is 11.8 Å². The van der Waals surface area contributed by atoms with Gasteiger partial charge in [0.05, 0.1) is 0 Å². The monoisotopic (exact) mass is 310 g/mol. The first-order chi connectivity index (χ1) is 10.1. The van der Waals surface area contributed by atoms with Crippen LogP contribution in [0.15, 0.2) is 24.3 Å². The molecular weight excluding hydrogens is 288 g/mol. The van der Waals surface area contributed by atoms with E-state index in [1.165, 1.54) is 0 Å². The van der Waals surface area contributed by atoms with E-state index < -0.39 is 5.97 Å². The smallest absolute Gasteiger partial charge is 0.323 e. The van der Waals surface area contributed by atoms with Crippen molar-refractivity contribution in [1.82, 2.24) is 4.90 Å². The van der Waals surface area contributed by atoms with E-state index in [0.29, 0.717) is 5.02 Å². The zero-order valence-electron chi connectivity index (χ0n) is 12.5. The van der Waals surface area contributed by atoms with Crippen LogP contribution in [0.25, 0.3) is 0 Å². The van der Waals surface area contributed by atoms with Crippen LogP contribution in [0, 0.1) is 0 Å². The van der Waals surface area contributed by atoms with Crippen LogP contribution in [0.5, 0.6) is 0 Å². The molecule has 1 aromatic carbocycles. The molecule has 1 unspecified atom stereocenters. The lowest BCUT2D eigenvalue weighted by Crippen LogP contribution is -2.40. The Morgan fingerprint density at radius 1 is 1.33 bits per heavy atom. The minimum absolute atomic E-state index is 0.0401. The highest BCUT2D eigenvalue weighted by molar-refractivity contribution is 6.30. The standard InChI is InChI=1S/C16H23ClN2O2/c1-2-18-10-3-4-14(9-11-18)19(12-16(20)21)15-7-5-13(17)6-8-15/h5-8,14H,2-4,9-12H2,1H3,(H,20,21). The van der Waals surface area contributed by atoms with Crippen LogP contribution in [0.4, 0.5) is 5.69 Å². The average molecular weight is 311 g/mol. The van der Waals surface area contributed by atoms with Gasteiger partial charge in [0.25, 0.3) is 0 Å². The van der Waals surface area contributed by atoms with Crippen LogP contribution in [-0.2, 0) is 4.79 Å². The molecule has 116 valence electrons. The maximum Gasteiger partial charge on any atom is 0.323 e. The Labute approximate surface area is 131 Å². The van der Waals surface area contributed by atoms with Crippen LogP contribution in [0.3, 0.4) is 0 Å². The Balaban J connectivity index is 2.15. The van der Waals surface area contributed by atoms with E-state index in [0.717, 1.165) is 44.6 Å². The van der Waals surface area contributed by atoms with Crippen LogP contribution >= 0.6 is 11.6 Å². The number of likely N-dealkylation sites (tertiary alicyclic amines) is 1. The summed E-state index contributed by atoms with van der Waals surface area (Å²) in [6.07, 6.45) is 3.15. The fourth-order valence-electron chi connectivity index (χ4n) is 2.98. The van der Waals surface area contributed by atoms with Crippen LogP contribution in [0.1, 0.15) is 26.2 Å². The number of carbonyl (C=O) groups is 1. The van der Waals surface area contributed by atoms with Gasteiger partial charge in [-0.25, -0.2) is 0 Å². The number of benzene rings is 1. The lowest BCUT2D eigenvalue weighted by molar-refractivity contribution is -0.135. The van der Waals surface area contributed by atoms with E-state index in [4.69, 9.17) is 11.6 Å². The highest BCUT2D eigenvalue weighted by Gasteiger charge is 2.24. The van der Waals surface area contributed by atoms with Crippen molar-refractivity contribution in [3.8, 4) is 0 Å². The molecule has 2 rings (SSSR count). The number of anilines is 1. The van der Waals surface area contributed by atoms with Crippen molar-refractivity contribution in [3.05, 3.63) is 29.3 Å². The molecule has 0 aliphatic carbocycles. The molecule has 1 aliphatic rings. The van der Waals surface area contributed by atoms with Gasteiger partial charge >= 0.3 is 5.97 Å². The second-order valence-corrected chi connectivity index (χ2v) is 5.95. The first-order valence-corrected chi connectivity index (χ1v) is 7.94. The first kappa shape index (κ1) is 16.1. The Morgan fingerprint density at radius 3 is 2.67 bits per heavy atom. The summed E-state index contributed by atoms with van der Waals surface area (Å²) in [6, 6.07) is 7.74. The predicted molar refractivity (Wildman–Crippen MR) is 86.2 cm³/mol. The largest absolute Gasteiger partial charge is 0.480 e. The Morgan fingerprint density at radius 2 is 2.05 bits per heavy atom. The highest BCUT2D eigenvalue weighted by atomic mass is 35.5. The second kappa shape index (κ2) is 7.66. The molecule has 5 heteroatoms. The van der Waals surface area contributed by atoms with Crippen molar-refractivity contribution in [2.24, 2.45) is 0 Å². The van der Waals surface area contributed by atoms with Gasteiger partial charge in [-0.1, -0.05) is 18.5 Å². The number of rotatable bonds is 5. The van der Waals surface area contributed by atoms with Crippen molar-refractivity contribution in [2.75, 3.05) is 31.1 Å². The van der Waals surface area contributed by atoms with Gasteiger partial charge in [0.1, 0.15) is 6.54 Å². The summed E-state index contributed by atoms with van der Waals surface area (Å²) < 4.78 is 0. The molecule has 0 bridgehead atoms. The van der Waals surface area contributed by atoms with Gasteiger partial charge in [-0.2, -0.15) is 0 Å². The van der Waals surface area contributed by atoms with Crippen molar-refractivity contribution in [2.45, 2.75) is 32.2 Å². The average Bonchev–Trinajstić information content (AvgIpc) is 2.71. The molecule has 1 aromatic rings. The topological polar surface area (TPSA) is 43.8 Å². The van der Waals surface area contributed by atoms with E-state index >= 15 is 0 Å². The molecular formula is C16H23ClN2O2. The number of hydrogen-bond donors (Lipinski definition) is 1. The molecule has 1 aliphatic heterocycles. The first-order valence-electron chi connectivity index (χ1n) is 7.56. The summed E-state index contributed by atoms with van der Waals surface area (Å²) in [5, 5.41) is 9.89. The summed E-state index contributed by atoms with van der Waals surface area (Å²) in [7, 11) is 0. The van der Waals surface area contributed by atoms with E-state index in [1.54, 1.807) is 0 Å². The third kappa shape index (κ3) is 4.61. The summed E-state index contributed by atoms with van der Waals surface area (Å²) >= 11 is 5.93.